The van der Waals surface area contributed by atoms with Gasteiger partial charge in [0.15, 0.2) is 12.1 Å². The Labute approximate surface area is 282 Å². The van der Waals surface area contributed by atoms with E-state index in [4.69, 9.17) is 24.0 Å². The van der Waals surface area contributed by atoms with E-state index in [9.17, 15) is 14.7 Å². The number of oxazole rings is 1. The summed E-state index contributed by atoms with van der Waals surface area (Å²) in [6.07, 6.45) is -0.749. The lowest BCUT2D eigenvalue weighted by atomic mass is 10.0. The predicted molar refractivity (Wildman–Crippen MR) is 182 cm³/mol. The number of amides is 1. The topological polar surface area (TPSA) is 131 Å². The Hall–Kier alpha value is -4.74. The SMILES string of the molecule is O=C(O)CCC(=O)NCc1ccc([C@H]2O[C@@H](CSc3nc(-c4ccccc4)c(-c4ccccc4)o3)C[C@@H](c3ccc(CO)cc3)O2)cc1. The maximum Gasteiger partial charge on any atom is 0.303 e. The molecule has 1 aliphatic rings. The lowest BCUT2D eigenvalue weighted by Crippen LogP contribution is -2.31. The number of carboxylic acids is 1. The number of ether oxygens (including phenoxy) is 2. The highest BCUT2D eigenvalue weighted by Crippen LogP contribution is 2.41. The van der Waals surface area contributed by atoms with Crippen molar-refractivity contribution in [3.05, 3.63) is 131 Å². The van der Waals surface area contributed by atoms with Crippen molar-refractivity contribution in [1.82, 2.24) is 10.3 Å². The number of rotatable bonds is 13. The minimum Gasteiger partial charge on any atom is -0.481 e. The smallest absolute Gasteiger partial charge is 0.303 e. The molecule has 0 spiro atoms. The fraction of sp³-hybridized carbons (Fsp3) is 0.237. The van der Waals surface area contributed by atoms with Crippen LogP contribution in [-0.4, -0.2) is 38.9 Å². The fourth-order valence-corrected chi connectivity index (χ4v) is 6.27. The maximum absolute atomic E-state index is 12.0. The quantitative estimate of drug-likeness (QED) is 0.111. The second kappa shape index (κ2) is 15.9. The molecule has 10 heteroatoms. The highest BCUT2D eigenvalue weighted by Gasteiger charge is 2.33. The van der Waals surface area contributed by atoms with Crippen LogP contribution in [0.1, 0.15) is 53.9 Å². The number of aliphatic hydroxyl groups excluding tert-OH is 1. The molecule has 0 unspecified atom stereocenters. The van der Waals surface area contributed by atoms with Crippen LogP contribution in [0.2, 0.25) is 0 Å². The van der Waals surface area contributed by atoms with Gasteiger partial charge in [0.1, 0.15) is 5.69 Å². The number of carbonyl (C=O) groups is 2. The number of benzene rings is 4. The van der Waals surface area contributed by atoms with Crippen LogP contribution in [0.5, 0.6) is 0 Å². The van der Waals surface area contributed by atoms with Gasteiger partial charge in [-0.05, 0) is 16.7 Å². The van der Waals surface area contributed by atoms with Gasteiger partial charge in [-0.1, -0.05) is 121 Å². The first-order valence-electron chi connectivity index (χ1n) is 15.8. The Kier molecular flexibility index (Phi) is 11.0. The zero-order valence-corrected chi connectivity index (χ0v) is 27.0. The molecule has 0 bridgehead atoms. The van der Waals surface area contributed by atoms with E-state index in [0.717, 1.165) is 44.8 Å². The molecule has 246 valence electrons. The summed E-state index contributed by atoms with van der Waals surface area (Å²) in [5.74, 6) is -0.0199. The number of nitrogens with one attached hydrogen (secondary N) is 1. The average molecular weight is 665 g/mol. The largest absolute Gasteiger partial charge is 0.481 e. The number of thioether (sulfide) groups is 1. The molecule has 4 aromatic carbocycles. The molecule has 2 heterocycles. The third kappa shape index (κ3) is 8.59. The van der Waals surface area contributed by atoms with Crippen molar-refractivity contribution in [1.29, 1.82) is 0 Å². The molecule has 1 amide bonds. The number of aromatic nitrogens is 1. The van der Waals surface area contributed by atoms with Crippen molar-refractivity contribution < 1.29 is 33.7 Å². The molecule has 1 fully saturated rings. The van der Waals surface area contributed by atoms with Gasteiger partial charge in [0.2, 0.25) is 5.91 Å². The van der Waals surface area contributed by atoms with E-state index in [1.807, 2.05) is 109 Å². The normalized spacial score (nSPS) is 17.6. The van der Waals surface area contributed by atoms with Gasteiger partial charge in [-0.15, -0.1) is 0 Å². The molecule has 1 aliphatic heterocycles. The summed E-state index contributed by atoms with van der Waals surface area (Å²) in [5.41, 5.74) is 6.23. The van der Waals surface area contributed by atoms with Gasteiger partial charge in [0.05, 0.1) is 25.2 Å². The van der Waals surface area contributed by atoms with Gasteiger partial charge < -0.3 is 29.4 Å². The number of carboxylic acid groups (broad SMARTS) is 1. The molecule has 3 atom stereocenters. The summed E-state index contributed by atoms with van der Waals surface area (Å²) in [6.45, 7) is 0.256. The van der Waals surface area contributed by atoms with Crippen LogP contribution < -0.4 is 5.32 Å². The van der Waals surface area contributed by atoms with E-state index in [-0.39, 0.29) is 44.1 Å². The number of hydrogen-bond donors (Lipinski definition) is 3. The van der Waals surface area contributed by atoms with Gasteiger partial charge in [0, 0.05) is 41.8 Å². The minimum atomic E-state index is -1.00. The van der Waals surface area contributed by atoms with Crippen molar-refractivity contribution in [3.8, 4) is 22.6 Å². The molecule has 0 saturated carbocycles. The number of nitrogens with zero attached hydrogens (tertiary/aromatic N) is 1. The highest BCUT2D eigenvalue weighted by atomic mass is 32.2. The molecule has 1 aromatic heterocycles. The van der Waals surface area contributed by atoms with Gasteiger partial charge >= 0.3 is 5.97 Å². The Balaban J connectivity index is 1.18. The molecule has 0 aliphatic carbocycles. The van der Waals surface area contributed by atoms with Crippen LogP contribution in [0, 0.1) is 0 Å². The van der Waals surface area contributed by atoms with Crippen LogP contribution in [0.3, 0.4) is 0 Å². The number of aliphatic carboxylic acids is 1. The van der Waals surface area contributed by atoms with Crippen LogP contribution in [-0.2, 0) is 32.2 Å². The molecule has 48 heavy (non-hydrogen) atoms. The summed E-state index contributed by atoms with van der Waals surface area (Å²) >= 11 is 1.50. The summed E-state index contributed by atoms with van der Waals surface area (Å²) in [5, 5.41) is 21.7. The highest BCUT2D eigenvalue weighted by molar-refractivity contribution is 7.99. The Bertz CT molecular complexity index is 1740. The number of aliphatic hydroxyl groups is 1. The van der Waals surface area contributed by atoms with E-state index in [1.54, 1.807) is 0 Å². The summed E-state index contributed by atoms with van der Waals surface area (Å²) in [4.78, 5) is 27.6. The lowest BCUT2D eigenvalue weighted by Gasteiger charge is -2.36. The van der Waals surface area contributed by atoms with Crippen molar-refractivity contribution in [2.75, 3.05) is 5.75 Å². The Morgan fingerprint density at radius 3 is 2.10 bits per heavy atom. The first kappa shape index (κ1) is 33.2. The van der Waals surface area contributed by atoms with E-state index in [0.29, 0.717) is 17.4 Å². The van der Waals surface area contributed by atoms with Crippen LogP contribution >= 0.6 is 11.8 Å². The second-order valence-electron chi connectivity index (χ2n) is 11.5. The second-order valence-corrected chi connectivity index (χ2v) is 12.4. The van der Waals surface area contributed by atoms with Crippen molar-refractivity contribution in [2.45, 2.75) is 56.1 Å². The van der Waals surface area contributed by atoms with Gasteiger partial charge in [-0.25, -0.2) is 4.98 Å². The van der Waals surface area contributed by atoms with Crippen molar-refractivity contribution >= 4 is 23.6 Å². The molecular weight excluding hydrogens is 628 g/mol. The van der Waals surface area contributed by atoms with Crippen LogP contribution in [0.4, 0.5) is 0 Å². The van der Waals surface area contributed by atoms with E-state index in [1.165, 1.54) is 11.8 Å². The van der Waals surface area contributed by atoms with Crippen molar-refractivity contribution in [3.63, 3.8) is 0 Å². The van der Waals surface area contributed by atoms with Gasteiger partial charge in [-0.2, -0.15) is 0 Å². The zero-order chi connectivity index (χ0) is 33.3. The zero-order valence-electron chi connectivity index (χ0n) is 26.2. The first-order chi connectivity index (χ1) is 23.4. The standard InChI is InChI=1S/C38H36N2O7S/c41-23-26-13-15-27(16-14-26)32-21-31(45-37(46-32)30-17-11-25(12-18-30)22-39-33(42)19-20-34(43)44)24-48-38-40-35(28-7-3-1-4-8-28)36(47-38)29-9-5-2-6-10-29/h1-18,31-32,37,41H,19-24H2,(H,39,42)(H,43,44)/t31-,32+,37+/m1/s1. The molecule has 1 saturated heterocycles. The van der Waals surface area contributed by atoms with E-state index >= 15 is 0 Å². The average Bonchev–Trinajstić information content (AvgIpc) is 3.57. The summed E-state index contributed by atoms with van der Waals surface area (Å²) < 4.78 is 19.4. The van der Waals surface area contributed by atoms with Crippen molar-refractivity contribution in [2.24, 2.45) is 0 Å². The predicted octanol–water partition coefficient (Wildman–Crippen LogP) is 7.32. The van der Waals surface area contributed by atoms with Gasteiger partial charge in [0.25, 0.3) is 5.22 Å². The lowest BCUT2D eigenvalue weighted by molar-refractivity contribution is -0.245. The number of carbonyl (C=O) groups excluding carboxylic acids is 1. The summed E-state index contributed by atoms with van der Waals surface area (Å²) in [6, 6.07) is 35.3. The van der Waals surface area contributed by atoms with E-state index in [2.05, 4.69) is 5.32 Å². The van der Waals surface area contributed by atoms with Gasteiger partial charge in [-0.3, -0.25) is 9.59 Å². The number of hydrogen-bond acceptors (Lipinski definition) is 8. The fourth-order valence-electron chi connectivity index (χ4n) is 5.43. The van der Waals surface area contributed by atoms with Crippen LogP contribution in [0.15, 0.2) is 119 Å². The maximum atomic E-state index is 12.0. The third-order valence-corrected chi connectivity index (χ3v) is 8.97. The summed E-state index contributed by atoms with van der Waals surface area (Å²) in [7, 11) is 0. The van der Waals surface area contributed by atoms with Crippen LogP contribution in [0.25, 0.3) is 22.6 Å². The molecule has 0 radical (unpaired) electrons. The first-order valence-corrected chi connectivity index (χ1v) is 16.8. The molecule has 3 N–H and O–H groups in total. The minimum absolute atomic E-state index is 0.0325. The Morgan fingerprint density at radius 2 is 1.44 bits per heavy atom. The molecule has 6 rings (SSSR count). The molecule has 9 nitrogen and oxygen atoms in total. The molecular formula is C38H36N2O7S. The Morgan fingerprint density at radius 1 is 0.792 bits per heavy atom. The third-order valence-electron chi connectivity index (χ3n) is 8.01. The monoisotopic (exact) mass is 664 g/mol. The van der Waals surface area contributed by atoms with E-state index < -0.39 is 12.3 Å². The molecule has 5 aromatic rings.